The minimum absolute atomic E-state index is 0.0912. The number of carbonyl (C=O) groups excluding carboxylic acids is 2. The molecule has 0 fully saturated rings. The van der Waals surface area contributed by atoms with Gasteiger partial charge in [0.05, 0.1) is 17.1 Å². The Morgan fingerprint density at radius 1 is 0.923 bits per heavy atom. The van der Waals surface area contributed by atoms with E-state index < -0.39 is 6.04 Å². The van der Waals surface area contributed by atoms with Gasteiger partial charge in [-0.15, -0.1) is 0 Å². The van der Waals surface area contributed by atoms with Crippen molar-refractivity contribution in [2.45, 2.75) is 39.2 Å². The third-order valence-electron chi connectivity index (χ3n) is 7.16. The Hall–Kier alpha value is -4.39. The highest BCUT2D eigenvalue weighted by Crippen LogP contribution is 2.42. The smallest absolute Gasteiger partial charge is 0.316 e. The van der Waals surface area contributed by atoms with Crippen molar-refractivity contribution in [3.63, 3.8) is 0 Å². The van der Waals surface area contributed by atoms with E-state index in [9.17, 15) is 14.0 Å². The van der Waals surface area contributed by atoms with Crippen LogP contribution in [0.4, 0.5) is 20.6 Å². The van der Waals surface area contributed by atoms with Gasteiger partial charge in [0.2, 0.25) is 5.91 Å². The molecule has 1 aliphatic heterocycles. The molecule has 1 N–H and O–H groups in total. The van der Waals surface area contributed by atoms with Crippen LogP contribution < -0.4 is 10.2 Å². The molecule has 5 rings (SSSR count). The maximum absolute atomic E-state index is 14.2. The van der Waals surface area contributed by atoms with Crippen LogP contribution in [0, 0.1) is 5.82 Å². The van der Waals surface area contributed by atoms with E-state index in [2.05, 4.69) is 23.7 Å². The SMILES string of the molecule is CCCCN(CC(=O)N1c2ccccc2-n2cccc2C1c1ccc(F)cc1)C(=O)Nc1cccc(CC)c1. The zero-order valence-electron chi connectivity index (χ0n) is 22.3. The Kier molecular flexibility index (Phi) is 7.77. The summed E-state index contributed by atoms with van der Waals surface area (Å²) in [5.41, 5.74) is 5.14. The number of halogens is 1. The number of benzene rings is 3. The Morgan fingerprint density at radius 3 is 2.44 bits per heavy atom. The van der Waals surface area contributed by atoms with Crippen molar-refractivity contribution in [1.82, 2.24) is 9.47 Å². The number of rotatable bonds is 8. The van der Waals surface area contributed by atoms with Crippen molar-refractivity contribution in [2.24, 2.45) is 0 Å². The first-order valence-corrected chi connectivity index (χ1v) is 13.5. The third-order valence-corrected chi connectivity index (χ3v) is 7.16. The summed E-state index contributed by atoms with van der Waals surface area (Å²) < 4.78 is 15.9. The van der Waals surface area contributed by atoms with Gasteiger partial charge in [0.15, 0.2) is 0 Å². The van der Waals surface area contributed by atoms with Crippen molar-refractivity contribution in [3.8, 4) is 5.69 Å². The van der Waals surface area contributed by atoms with Crippen LogP contribution in [-0.2, 0) is 11.2 Å². The number of urea groups is 1. The van der Waals surface area contributed by atoms with Crippen LogP contribution in [0.1, 0.15) is 49.6 Å². The summed E-state index contributed by atoms with van der Waals surface area (Å²) in [6.45, 7) is 4.49. The molecule has 1 aliphatic rings. The van der Waals surface area contributed by atoms with Gasteiger partial charge in [0.1, 0.15) is 18.4 Å². The van der Waals surface area contributed by atoms with E-state index in [1.54, 1.807) is 21.9 Å². The van der Waals surface area contributed by atoms with Gasteiger partial charge >= 0.3 is 6.03 Å². The zero-order chi connectivity index (χ0) is 27.4. The van der Waals surface area contributed by atoms with Crippen LogP contribution in [0.5, 0.6) is 0 Å². The number of nitrogens with zero attached hydrogens (tertiary/aromatic N) is 3. The molecule has 4 aromatic rings. The highest BCUT2D eigenvalue weighted by molar-refractivity contribution is 6.01. The fourth-order valence-corrected chi connectivity index (χ4v) is 5.13. The number of amides is 3. The monoisotopic (exact) mass is 524 g/mol. The van der Waals surface area contributed by atoms with E-state index >= 15 is 0 Å². The molecule has 2 heterocycles. The second kappa shape index (κ2) is 11.6. The maximum atomic E-state index is 14.2. The lowest BCUT2D eigenvalue weighted by atomic mass is 9.97. The van der Waals surface area contributed by atoms with Crippen molar-refractivity contribution < 1.29 is 14.0 Å². The van der Waals surface area contributed by atoms with Gasteiger partial charge in [-0.05, 0) is 72.5 Å². The first-order valence-electron chi connectivity index (χ1n) is 13.5. The van der Waals surface area contributed by atoms with Gasteiger partial charge in [-0.2, -0.15) is 0 Å². The Bertz CT molecular complexity index is 1460. The first kappa shape index (κ1) is 26.2. The molecular formula is C32H33FN4O2. The largest absolute Gasteiger partial charge is 0.322 e. The van der Waals surface area contributed by atoms with Gasteiger partial charge in [0.25, 0.3) is 0 Å². The highest BCUT2D eigenvalue weighted by atomic mass is 19.1. The van der Waals surface area contributed by atoms with Gasteiger partial charge in [-0.1, -0.05) is 56.7 Å². The molecule has 1 aromatic heterocycles. The van der Waals surface area contributed by atoms with E-state index in [4.69, 9.17) is 0 Å². The van der Waals surface area contributed by atoms with Crippen LogP contribution in [0.15, 0.2) is 91.1 Å². The Balaban J connectivity index is 1.49. The quantitative estimate of drug-likeness (QED) is 0.271. The number of aryl methyl sites for hydroxylation is 1. The molecule has 3 aromatic carbocycles. The standard InChI is InChI=1S/C32H33FN4O2/c1-3-5-19-35(32(39)34-26-11-8-10-23(4-2)21-26)22-30(38)37-28-13-7-6-12-27(28)36-20-9-14-29(36)31(37)24-15-17-25(33)18-16-24/h6-18,20-21,31H,3-5,19,22H2,1-2H3,(H,34,39). The maximum Gasteiger partial charge on any atom is 0.322 e. The molecule has 200 valence electrons. The average Bonchev–Trinajstić information content (AvgIpc) is 3.45. The number of anilines is 2. The second-order valence-electron chi connectivity index (χ2n) is 9.77. The molecule has 0 bridgehead atoms. The van der Waals surface area contributed by atoms with Crippen molar-refractivity contribution in [1.29, 1.82) is 0 Å². The third kappa shape index (κ3) is 5.43. The van der Waals surface area contributed by atoms with Gasteiger partial charge in [0, 0.05) is 18.4 Å². The minimum Gasteiger partial charge on any atom is -0.316 e. The molecule has 0 spiro atoms. The molecule has 1 atom stereocenters. The molecule has 0 aliphatic carbocycles. The number of fused-ring (bicyclic) bond motifs is 3. The highest BCUT2D eigenvalue weighted by Gasteiger charge is 2.37. The lowest BCUT2D eigenvalue weighted by Crippen LogP contribution is -2.48. The number of unbranched alkanes of at least 4 members (excludes halogenated alkanes) is 1. The lowest BCUT2D eigenvalue weighted by molar-refractivity contribution is -0.119. The molecule has 7 heteroatoms. The zero-order valence-corrected chi connectivity index (χ0v) is 22.3. The van der Waals surface area contributed by atoms with E-state index in [1.165, 1.54) is 12.1 Å². The van der Waals surface area contributed by atoms with Crippen LogP contribution in [0.25, 0.3) is 5.69 Å². The van der Waals surface area contributed by atoms with Crippen LogP contribution in [-0.4, -0.2) is 34.5 Å². The summed E-state index contributed by atoms with van der Waals surface area (Å²) in [4.78, 5) is 31.0. The summed E-state index contributed by atoms with van der Waals surface area (Å²) in [5, 5.41) is 2.98. The summed E-state index contributed by atoms with van der Waals surface area (Å²) in [6, 6.07) is 24.9. The van der Waals surface area contributed by atoms with E-state index in [0.29, 0.717) is 12.2 Å². The van der Waals surface area contributed by atoms with E-state index in [0.717, 1.165) is 47.5 Å². The normalized spacial score (nSPS) is 13.9. The number of aromatic nitrogens is 1. The van der Waals surface area contributed by atoms with Gasteiger partial charge < -0.3 is 14.8 Å². The summed E-state index contributed by atoms with van der Waals surface area (Å²) in [7, 11) is 0. The summed E-state index contributed by atoms with van der Waals surface area (Å²) >= 11 is 0. The van der Waals surface area contributed by atoms with Crippen LogP contribution >= 0.6 is 0 Å². The Morgan fingerprint density at radius 2 is 1.69 bits per heavy atom. The number of nitrogens with one attached hydrogen (secondary N) is 1. The summed E-state index contributed by atoms with van der Waals surface area (Å²) in [6.07, 6.45) is 4.50. The molecule has 0 radical (unpaired) electrons. The molecule has 0 saturated carbocycles. The number of para-hydroxylation sites is 2. The van der Waals surface area contributed by atoms with Crippen molar-refractivity contribution in [3.05, 3.63) is 114 Å². The molecule has 3 amide bonds. The van der Waals surface area contributed by atoms with E-state index in [-0.39, 0.29) is 24.3 Å². The fraction of sp³-hybridized carbons (Fsp3) is 0.250. The molecule has 39 heavy (non-hydrogen) atoms. The van der Waals surface area contributed by atoms with Crippen LogP contribution in [0.3, 0.4) is 0 Å². The van der Waals surface area contributed by atoms with Crippen molar-refractivity contribution in [2.75, 3.05) is 23.3 Å². The fourth-order valence-electron chi connectivity index (χ4n) is 5.13. The summed E-state index contributed by atoms with van der Waals surface area (Å²) in [5.74, 6) is -0.546. The van der Waals surface area contributed by atoms with Crippen LogP contribution in [0.2, 0.25) is 0 Å². The molecule has 6 nitrogen and oxygen atoms in total. The number of carbonyl (C=O) groups is 2. The van der Waals surface area contributed by atoms with E-state index in [1.807, 2.05) is 66.9 Å². The average molecular weight is 525 g/mol. The second-order valence-corrected chi connectivity index (χ2v) is 9.77. The predicted octanol–water partition coefficient (Wildman–Crippen LogP) is 6.95. The molecular weight excluding hydrogens is 491 g/mol. The molecule has 0 saturated heterocycles. The molecule has 1 unspecified atom stereocenters. The first-order chi connectivity index (χ1) is 19.0. The number of hydrogen-bond acceptors (Lipinski definition) is 2. The Labute approximate surface area is 228 Å². The number of hydrogen-bond donors (Lipinski definition) is 1. The van der Waals surface area contributed by atoms with Gasteiger partial charge in [-0.25, -0.2) is 9.18 Å². The lowest BCUT2D eigenvalue weighted by Gasteiger charge is -2.39. The van der Waals surface area contributed by atoms with Crippen molar-refractivity contribution >= 4 is 23.3 Å². The minimum atomic E-state index is -0.472. The topological polar surface area (TPSA) is 57.6 Å². The predicted molar refractivity (Wildman–Crippen MR) is 153 cm³/mol. The van der Waals surface area contributed by atoms with Gasteiger partial charge in [-0.3, -0.25) is 9.69 Å².